The lowest BCUT2D eigenvalue weighted by molar-refractivity contribution is -0.123. The lowest BCUT2D eigenvalue weighted by Gasteiger charge is -2.26. The van der Waals surface area contributed by atoms with E-state index < -0.39 is 5.41 Å². The van der Waals surface area contributed by atoms with E-state index in [-0.39, 0.29) is 17.8 Å². The van der Waals surface area contributed by atoms with Crippen LogP contribution in [-0.4, -0.2) is 23.7 Å². The quantitative estimate of drug-likeness (QED) is 0.895. The molecule has 2 aliphatic carbocycles. The van der Waals surface area contributed by atoms with Gasteiger partial charge in [-0.15, -0.1) is 0 Å². The Morgan fingerprint density at radius 3 is 2.86 bits per heavy atom. The van der Waals surface area contributed by atoms with Crippen molar-refractivity contribution in [1.82, 2.24) is 5.32 Å². The van der Waals surface area contributed by atoms with E-state index in [9.17, 15) is 14.3 Å². The highest BCUT2D eigenvalue weighted by molar-refractivity contribution is 5.91. The largest absolute Gasteiger partial charge is 0.393 e. The number of nitrogens with one attached hydrogen (secondary N) is 1. The van der Waals surface area contributed by atoms with Crippen molar-refractivity contribution in [3.63, 3.8) is 0 Å². The first-order valence-electron chi connectivity index (χ1n) is 7.82. The predicted octanol–water partition coefficient (Wildman–Crippen LogP) is 2.52. The fourth-order valence-electron chi connectivity index (χ4n) is 3.41. The average molecular weight is 291 g/mol. The number of hydrogen-bond donors (Lipinski definition) is 2. The Bertz CT molecular complexity index is 527. The molecule has 2 unspecified atom stereocenters. The maximum absolute atomic E-state index is 13.3. The van der Waals surface area contributed by atoms with Crippen LogP contribution in [0.25, 0.3) is 0 Å². The Balaban J connectivity index is 1.60. The van der Waals surface area contributed by atoms with Gasteiger partial charge in [0, 0.05) is 6.54 Å². The average Bonchev–Trinajstić information content (AvgIpc) is 3.26. The maximum atomic E-state index is 13.3. The smallest absolute Gasteiger partial charge is 0.230 e. The van der Waals surface area contributed by atoms with Crippen LogP contribution in [0.4, 0.5) is 4.39 Å². The van der Waals surface area contributed by atoms with Gasteiger partial charge in [0.05, 0.1) is 11.5 Å². The summed E-state index contributed by atoms with van der Waals surface area (Å²) in [5.41, 5.74) is 0.263. The molecule has 2 aliphatic rings. The SMILES string of the molecule is O=C(NCC1CCCC(O)C1)C1(c2cccc(F)c2)CC1. The molecule has 0 aliphatic heterocycles. The van der Waals surface area contributed by atoms with Crippen molar-refractivity contribution in [3.05, 3.63) is 35.6 Å². The summed E-state index contributed by atoms with van der Waals surface area (Å²) in [6.07, 6.45) is 5.08. The molecule has 4 heteroatoms. The molecule has 21 heavy (non-hydrogen) atoms. The van der Waals surface area contributed by atoms with E-state index in [0.717, 1.165) is 44.1 Å². The zero-order valence-corrected chi connectivity index (χ0v) is 12.1. The van der Waals surface area contributed by atoms with E-state index in [1.54, 1.807) is 6.07 Å². The molecule has 2 atom stereocenters. The van der Waals surface area contributed by atoms with Crippen molar-refractivity contribution in [2.75, 3.05) is 6.54 Å². The monoisotopic (exact) mass is 291 g/mol. The normalized spacial score (nSPS) is 27.1. The minimum absolute atomic E-state index is 0.00756. The van der Waals surface area contributed by atoms with E-state index >= 15 is 0 Å². The molecule has 1 aromatic carbocycles. The van der Waals surface area contributed by atoms with Crippen molar-refractivity contribution in [2.24, 2.45) is 5.92 Å². The summed E-state index contributed by atoms with van der Waals surface area (Å²) >= 11 is 0. The summed E-state index contributed by atoms with van der Waals surface area (Å²) in [6, 6.07) is 6.37. The van der Waals surface area contributed by atoms with E-state index in [4.69, 9.17) is 0 Å². The van der Waals surface area contributed by atoms with Crippen LogP contribution >= 0.6 is 0 Å². The van der Waals surface area contributed by atoms with E-state index in [0.29, 0.717) is 12.5 Å². The van der Waals surface area contributed by atoms with E-state index in [1.165, 1.54) is 12.1 Å². The molecule has 0 aromatic heterocycles. The second-order valence-corrected chi connectivity index (χ2v) is 6.49. The lowest BCUT2D eigenvalue weighted by atomic mass is 9.87. The summed E-state index contributed by atoms with van der Waals surface area (Å²) in [7, 11) is 0. The van der Waals surface area contributed by atoms with Gasteiger partial charge in [-0.25, -0.2) is 4.39 Å². The van der Waals surface area contributed by atoms with Gasteiger partial charge in [0.15, 0.2) is 0 Å². The van der Waals surface area contributed by atoms with Crippen molar-refractivity contribution < 1.29 is 14.3 Å². The van der Waals surface area contributed by atoms with Crippen LogP contribution in [0.2, 0.25) is 0 Å². The van der Waals surface area contributed by atoms with Gasteiger partial charge in [-0.3, -0.25) is 4.79 Å². The first kappa shape index (κ1) is 14.5. The van der Waals surface area contributed by atoms with Gasteiger partial charge >= 0.3 is 0 Å². The minimum Gasteiger partial charge on any atom is -0.393 e. The number of halogens is 1. The molecule has 114 valence electrons. The minimum atomic E-state index is -0.518. The van der Waals surface area contributed by atoms with Gasteiger partial charge in [0.25, 0.3) is 0 Å². The second kappa shape index (κ2) is 5.76. The highest BCUT2D eigenvalue weighted by Crippen LogP contribution is 2.48. The Labute approximate surface area is 124 Å². The fraction of sp³-hybridized carbons (Fsp3) is 0.588. The van der Waals surface area contributed by atoms with Crippen LogP contribution in [0, 0.1) is 11.7 Å². The molecule has 2 N–H and O–H groups in total. The summed E-state index contributed by atoms with van der Waals surface area (Å²) < 4.78 is 13.3. The molecule has 0 bridgehead atoms. The Kier molecular flexibility index (Phi) is 3.98. The number of aliphatic hydroxyl groups excluding tert-OH is 1. The number of benzene rings is 1. The lowest BCUT2D eigenvalue weighted by Crippen LogP contribution is -2.39. The van der Waals surface area contributed by atoms with Crippen molar-refractivity contribution in [1.29, 1.82) is 0 Å². The third-order valence-electron chi connectivity index (χ3n) is 4.87. The van der Waals surface area contributed by atoms with Crippen LogP contribution in [0.15, 0.2) is 24.3 Å². The molecular weight excluding hydrogens is 269 g/mol. The number of hydrogen-bond acceptors (Lipinski definition) is 2. The van der Waals surface area contributed by atoms with E-state index in [1.807, 2.05) is 6.07 Å². The van der Waals surface area contributed by atoms with Crippen LogP contribution in [0.5, 0.6) is 0 Å². The van der Waals surface area contributed by atoms with Gasteiger partial charge in [-0.1, -0.05) is 18.6 Å². The van der Waals surface area contributed by atoms with Gasteiger partial charge in [-0.2, -0.15) is 0 Å². The van der Waals surface area contributed by atoms with Gasteiger partial charge in [0.1, 0.15) is 5.82 Å². The van der Waals surface area contributed by atoms with Crippen molar-refractivity contribution >= 4 is 5.91 Å². The molecule has 2 saturated carbocycles. The molecule has 0 saturated heterocycles. The second-order valence-electron chi connectivity index (χ2n) is 6.49. The molecular formula is C17H22FNO2. The highest BCUT2D eigenvalue weighted by atomic mass is 19.1. The molecule has 1 amide bonds. The Morgan fingerprint density at radius 2 is 2.19 bits per heavy atom. The Morgan fingerprint density at radius 1 is 1.38 bits per heavy atom. The first-order chi connectivity index (χ1) is 10.1. The highest BCUT2D eigenvalue weighted by Gasteiger charge is 2.51. The number of carbonyl (C=O) groups excluding carboxylic acids is 1. The summed E-state index contributed by atoms with van der Waals surface area (Å²) in [6.45, 7) is 0.618. The predicted molar refractivity (Wildman–Crippen MR) is 78.3 cm³/mol. The van der Waals surface area contributed by atoms with Crippen LogP contribution in [0.1, 0.15) is 44.1 Å². The molecule has 2 fully saturated rings. The molecule has 0 spiro atoms. The van der Waals surface area contributed by atoms with Crippen LogP contribution < -0.4 is 5.32 Å². The summed E-state index contributed by atoms with van der Waals surface area (Å²) in [4.78, 5) is 12.5. The third-order valence-corrected chi connectivity index (χ3v) is 4.87. The molecule has 0 radical (unpaired) electrons. The van der Waals surface area contributed by atoms with Gasteiger partial charge in [0.2, 0.25) is 5.91 Å². The van der Waals surface area contributed by atoms with Gasteiger partial charge < -0.3 is 10.4 Å². The Hall–Kier alpha value is -1.42. The van der Waals surface area contributed by atoms with Crippen LogP contribution in [0.3, 0.4) is 0 Å². The fourth-order valence-corrected chi connectivity index (χ4v) is 3.41. The number of rotatable bonds is 4. The van der Waals surface area contributed by atoms with E-state index in [2.05, 4.69) is 5.32 Å². The summed E-state index contributed by atoms with van der Waals surface area (Å²) in [5.74, 6) is 0.0798. The third kappa shape index (κ3) is 3.10. The van der Waals surface area contributed by atoms with Crippen molar-refractivity contribution in [2.45, 2.75) is 50.0 Å². The first-order valence-corrected chi connectivity index (χ1v) is 7.82. The standard InChI is InChI=1S/C17H22FNO2/c18-14-5-2-4-13(10-14)17(7-8-17)16(21)19-11-12-3-1-6-15(20)9-12/h2,4-5,10,12,15,20H,1,3,6-9,11H2,(H,19,21). The summed E-state index contributed by atoms with van der Waals surface area (Å²) in [5, 5.41) is 12.7. The molecule has 0 heterocycles. The maximum Gasteiger partial charge on any atom is 0.230 e. The molecule has 1 aromatic rings. The van der Waals surface area contributed by atoms with Gasteiger partial charge in [-0.05, 0) is 55.7 Å². The number of carbonyl (C=O) groups is 1. The van der Waals surface area contributed by atoms with Crippen molar-refractivity contribution in [3.8, 4) is 0 Å². The topological polar surface area (TPSA) is 49.3 Å². The molecule has 3 rings (SSSR count). The number of aliphatic hydroxyl groups is 1. The zero-order chi connectivity index (χ0) is 14.9. The van der Waals surface area contributed by atoms with Crippen LogP contribution in [-0.2, 0) is 10.2 Å². The molecule has 3 nitrogen and oxygen atoms in total. The zero-order valence-electron chi connectivity index (χ0n) is 12.1. The number of amides is 1.